The second kappa shape index (κ2) is 3.31. The first-order chi connectivity index (χ1) is 5.65. The maximum absolute atomic E-state index is 10.4. The largest absolute Gasteiger partial charge is 0.791 e. The van der Waals surface area contributed by atoms with Gasteiger partial charge in [-0.25, -0.2) is 9.78 Å². The maximum Gasteiger partial charge on any atom is 0.356 e. The molecule has 0 aromatic carbocycles. The highest BCUT2D eigenvalue weighted by Gasteiger charge is 2.13. The fraction of sp³-hybridized carbons (Fsp3) is 0.167. The highest BCUT2D eigenvalue weighted by molar-refractivity contribution is 7.12. The summed E-state index contributed by atoms with van der Waals surface area (Å²) in [6.45, 7) is 1.71. The minimum absolute atomic E-state index is 0.148. The van der Waals surface area contributed by atoms with Crippen LogP contribution in [0.5, 0.6) is 0 Å². The molecule has 1 N–H and O–H groups in total. The van der Waals surface area contributed by atoms with E-state index in [1.165, 1.54) is 0 Å². The van der Waals surface area contributed by atoms with E-state index in [-0.39, 0.29) is 5.01 Å². The Morgan fingerprint density at radius 1 is 1.83 bits per heavy atom. The van der Waals surface area contributed by atoms with Crippen molar-refractivity contribution in [1.82, 2.24) is 4.98 Å². The van der Waals surface area contributed by atoms with Crippen molar-refractivity contribution < 1.29 is 9.90 Å². The smallest absolute Gasteiger partial charge is 0.356 e. The normalized spacial score (nSPS) is 11.6. The Hall–Kier alpha value is -1.43. The zero-order valence-corrected chi connectivity index (χ0v) is 6.96. The van der Waals surface area contributed by atoms with E-state index in [0.29, 0.717) is 5.69 Å². The van der Waals surface area contributed by atoms with Crippen LogP contribution < -0.4 is 0 Å². The maximum atomic E-state index is 10.4. The van der Waals surface area contributed by atoms with Crippen molar-refractivity contribution in [3.05, 3.63) is 21.3 Å². The number of aliphatic carboxylic acids is 1. The van der Waals surface area contributed by atoms with E-state index in [2.05, 4.69) is 10.1 Å². The van der Waals surface area contributed by atoms with Gasteiger partial charge in [0.05, 0.1) is 0 Å². The van der Waals surface area contributed by atoms with Gasteiger partial charge in [-0.15, -0.1) is 11.3 Å². The van der Waals surface area contributed by atoms with Crippen molar-refractivity contribution in [1.29, 1.82) is 0 Å². The lowest BCUT2D eigenvalue weighted by Gasteiger charge is -1.97. The van der Waals surface area contributed by atoms with Crippen LogP contribution in [0.2, 0.25) is 0 Å². The molecule has 0 radical (unpaired) electrons. The average Bonchev–Trinajstić information content (AvgIpc) is 2.37. The number of aryl methyl sites for hydroxylation is 1. The first-order valence-corrected chi connectivity index (χ1v) is 3.89. The lowest BCUT2D eigenvalue weighted by molar-refractivity contribution is -0.129. The molecule has 1 aromatic rings. The lowest BCUT2D eigenvalue weighted by Crippen LogP contribution is -2.13. The second-order valence-electron chi connectivity index (χ2n) is 2.04. The van der Waals surface area contributed by atoms with Gasteiger partial charge in [-0.1, -0.05) is 0 Å². The third kappa shape index (κ3) is 1.59. The average molecular weight is 185 g/mol. The molecular formula is C6H5N2O3S-. The van der Waals surface area contributed by atoms with Crippen molar-refractivity contribution in [2.75, 3.05) is 0 Å². The molecule has 1 heterocycles. The van der Waals surface area contributed by atoms with Crippen LogP contribution in [0.4, 0.5) is 0 Å². The Morgan fingerprint density at radius 2 is 2.50 bits per heavy atom. The highest BCUT2D eigenvalue weighted by atomic mass is 32.1. The van der Waals surface area contributed by atoms with Gasteiger partial charge in [-0.3, -0.25) is 0 Å². The Kier molecular flexibility index (Phi) is 2.39. The molecule has 0 amide bonds. The summed E-state index contributed by atoms with van der Waals surface area (Å²) in [6, 6.07) is 0. The van der Waals surface area contributed by atoms with E-state index in [1.807, 2.05) is 0 Å². The molecule has 0 spiro atoms. The molecule has 0 saturated carbocycles. The van der Waals surface area contributed by atoms with E-state index in [4.69, 9.17) is 5.11 Å². The third-order valence-electron chi connectivity index (χ3n) is 1.12. The number of rotatable bonds is 2. The zero-order chi connectivity index (χ0) is 9.14. The lowest BCUT2D eigenvalue weighted by atomic mass is 10.4. The van der Waals surface area contributed by atoms with Gasteiger partial charge in [0.1, 0.15) is 5.01 Å². The molecule has 12 heavy (non-hydrogen) atoms. The predicted molar refractivity (Wildman–Crippen MR) is 44.4 cm³/mol. The Balaban J connectivity index is 3.04. The van der Waals surface area contributed by atoms with Crippen LogP contribution in [0.1, 0.15) is 10.7 Å². The standard InChI is InChI=1S/C6H6N2O3S/c1-3-2-12-5(7-3)4(8-11)6(9)10/h2,11H,1H3,(H,9,10)/p-1/b8-4+. The first-order valence-electron chi connectivity index (χ1n) is 3.01. The van der Waals surface area contributed by atoms with Crippen LogP contribution in [0, 0.1) is 12.1 Å². The summed E-state index contributed by atoms with van der Waals surface area (Å²) in [6.07, 6.45) is 0. The Morgan fingerprint density at radius 3 is 2.83 bits per heavy atom. The van der Waals surface area contributed by atoms with Crippen molar-refractivity contribution in [3.8, 4) is 0 Å². The van der Waals surface area contributed by atoms with Crippen molar-refractivity contribution in [2.45, 2.75) is 6.92 Å². The summed E-state index contributed by atoms with van der Waals surface area (Å²) < 4.78 is 0. The molecule has 0 saturated heterocycles. The van der Waals surface area contributed by atoms with Gasteiger partial charge < -0.3 is 15.5 Å². The summed E-state index contributed by atoms with van der Waals surface area (Å²) >= 11 is 1.09. The molecule has 0 aliphatic carbocycles. The molecular weight excluding hydrogens is 180 g/mol. The van der Waals surface area contributed by atoms with Crippen LogP contribution in [0.15, 0.2) is 10.5 Å². The van der Waals surface area contributed by atoms with Crippen LogP contribution in [-0.2, 0) is 4.79 Å². The number of nitrogens with zero attached hydrogens (tertiary/aromatic N) is 2. The fourth-order valence-electron chi connectivity index (χ4n) is 0.632. The van der Waals surface area contributed by atoms with Gasteiger partial charge in [0, 0.05) is 11.1 Å². The molecule has 0 bridgehead atoms. The van der Waals surface area contributed by atoms with E-state index in [9.17, 15) is 10.0 Å². The Labute approximate surface area is 72.0 Å². The van der Waals surface area contributed by atoms with E-state index < -0.39 is 11.7 Å². The summed E-state index contributed by atoms with van der Waals surface area (Å²) in [7, 11) is 0. The Bertz CT molecular complexity index is 331. The van der Waals surface area contributed by atoms with Crippen LogP contribution in [0.3, 0.4) is 0 Å². The minimum Gasteiger partial charge on any atom is -0.791 e. The molecule has 0 unspecified atom stereocenters. The SMILES string of the molecule is Cc1csc(/C(=N\[O-])C(=O)O)n1. The van der Waals surface area contributed by atoms with Crippen LogP contribution in [-0.4, -0.2) is 21.8 Å². The van der Waals surface area contributed by atoms with Gasteiger partial charge in [0.2, 0.25) is 0 Å². The van der Waals surface area contributed by atoms with Crippen LogP contribution in [0.25, 0.3) is 0 Å². The van der Waals surface area contributed by atoms with E-state index in [1.54, 1.807) is 12.3 Å². The molecule has 1 aromatic heterocycles. The number of hydrogen-bond acceptors (Lipinski definition) is 5. The van der Waals surface area contributed by atoms with Crippen molar-refractivity contribution in [3.63, 3.8) is 0 Å². The summed E-state index contributed by atoms with van der Waals surface area (Å²) in [4.78, 5) is 14.2. The van der Waals surface area contributed by atoms with Crippen LogP contribution >= 0.6 is 11.3 Å². The fourth-order valence-corrected chi connectivity index (χ4v) is 1.40. The quantitative estimate of drug-likeness (QED) is 0.546. The van der Waals surface area contributed by atoms with Gasteiger partial charge in [0.25, 0.3) is 0 Å². The third-order valence-corrected chi connectivity index (χ3v) is 2.08. The summed E-state index contributed by atoms with van der Waals surface area (Å²) in [5, 5.41) is 22.7. The van der Waals surface area contributed by atoms with E-state index in [0.717, 1.165) is 11.3 Å². The number of carbonyl (C=O) groups is 1. The predicted octanol–water partition coefficient (Wildman–Crippen LogP) is 0.823. The van der Waals surface area contributed by atoms with Gasteiger partial charge in [-0.2, -0.15) is 0 Å². The zero-order valence-electron chi connectivity index (χ0n) is 6.14. The number of aromatic nitrogens is 1. The number of carboxylic acid groups (broad SMARTS) is 1. The topological polar surface area (TPSA) is 85.6 Å². The molecule has 0 aliphatic rings. The first kappa shape index (κ1) is 8.66. The second-order valence-corrected chi connectivity index (χ2v) is 2.90. The molecule has 5 nitrogen and oxygen atoms in total. The highest BCUT2D eigenvalue weighted by Crippen LogP contribution is 2.09. The van der Waals surface area contributed by atoms with E-state index >= 15 is 0 Å². The van der Waals surface area contributed by atoms with Crippen molar-refractivity contribution >= 4 is 23.0 Å². The number of hydrogen-bond donors (Lipinski definition) is 1. The number of carboxylic acids is 1. The molecule has 1 rings (SSSR count). The molecule has 64 valence electrons. The monoisotopic (exact) mass is 185 g/mol. The van der Waals surface area contributed by atoms with Gasteiger partial charge in [-0.05, 0) is 6.92 Å². The number of thiazole rings is 1. The molecule has 6 heteroatoms. The molecule has 0 fully saturated rings. The van der Waals surface area contributed by atoms with Gasteiger partial charge in [0.15, 0.2) is 5.71 Å². The molecule has 0 aliphatic heterocycles. The van der Waals surface area contributed by atoms with Gasteiger partial charge >= 0.3 is 5.97 Å². The summed E-state index contributed by atoms with van der Waals surface area (Å²) in [5.74, 6) is -1.35. The van der Waals surface area contributed by atoms with Crippen molar-refractivity contribution in [2.24, 2.45) is 5.16 Å². The minimum atomic E-state index is -1.35. The summed E-state index contributed by atoms with van der Waals surface area (Å²) in [5.41, 5.74) is 0.144. The molecule has 0 atom stereocenters.